The highest BCUT2D eigenvalue weighted by Gasteiger charge is 2.01. The van der Waals surface area contributed by atoms with Gasteiger partial charge in [-0.15, -0.1) is 0 Å². The SMILES string of the molecule is C[Si](C)(C)[P]. The zero-order valence-electron chi connectivity index (χ0n) is 3.95. The van der Waals surface area contributed by atoms with Gasteiger partial charge in [0, 0.05) is 0 Å². The summed E-state index contributed by atoms with van der Waals surface area (Å²) in [4.78, 5) is 0. The summed E-state index contributed by atoms with van der Waals surface area (Å²) in [5, 5.41) is 0. The average molecular weight is 104 g/mol. The van der Waals surface area contributed by atoms with Crippen LogP contribution in [0.3, 0.4) is 0 Å². The Kier molecular flexibility index (Phi) is 1.58. The van der Waals surface area contributed by atoms with Gasteiger partial charge in [0.25, 0.3) is 0 Å². The van der Waals surface area contributed by atoms with Gasteiger partial charge in [-0.25, -0.2) is 0 Å². The van der Waals surface area contributed by atoms with E-state index in [-0.39, 0.29) is 0 Å². The molecule has 0 nitrogen and oxygen atoms in total. The molecule has 0 N–H and O–H groups in total. The van der Waals surface area contributed by atoms with Crippen LogP contribution < -0.4 is 0 Å². The lowest BCUT2D eigenvalue weighted by Gasteiger charge is -1.99. The maximum Gasteiger partial charge on any atom is 0.0823 e. The second-order valence-electron chi connectivity index (χ2n) is 2.17. The molecule has 0 aromatic heterocycles. The third kappa shape index (κ3) is 77.8. The van der Waals surface area contributed by atoms with Gasteiger partial charge in [0.05, 0.1) is 7.74 Å². The normalized spacial score (nSPS) is 12.0. The summed E-state index contributed by atoms with van der Waals surface area (Å²) in [6.07, 6.45) is 0. The predicted molar refractivity (Wildman–Crippen MR) is 30.3 cm³/mol. The molecule has 0 aliphatic carbocycles. The van der Waals surface area contributed by atoms with Crippen molar-refractivity contribution in [2.45, 2.75) is 19.6 Å². The Hall–Kier alpha value is 0.647. The average Bonchev–Trinajstić information content (AvgIpc) is 0.722. The first-order valence-corrected chi connectivity index (χ1v) is 6.51. The monoisotopic (exact) mass is 104 g/mol. The van der Waals surface area contributed by atoms with Gasteiger partial charge in [0.1, 0.15) is 0 Å². The van der Waals surface area contributed by atoms with E-state index < -0.39 is 7.74 Å². The van der Waals surface area contributed by atoms with E-state index in [9.17, 15) is 0 Å². The van der Waals surface area contributed by atoms with E-state index in [2.05, 4.69) is 28.4 Å². The molecule has 0 atom stereocenters. The van der Waals surface area contributed by atoms with E-state index in [0.29, 0.717) is 0 Å². The molecular weight excluding hydrogens is 95.1 g/mol. The van der Waals surface area contributed by atoms with Gasteiger partial charge in [-0.2, -0.15) is 0 Å². The maximum absolute atomic E-state index is 4.26. The summed E-state index contributed by atoms with van der Waals surface area (Å²) in [6, 6.07) is 0. The van der Waals surface area contributed by atoms with Crippen LogP contribution in [-0.4, -0.2) is 7.74 Å². The molecule has 0 saturated carbocycles. The fourth-order valence-corrected chi connectivity index (χ4v) is 0. The van der Waals surface area contributed by atoms with Gasteiger partial charge in [-0.3, -0.25) is 0 Å². The molecule has 2 heteroatoms. The second-order valence-corrected chi connectivity index (χ2v) is 10.5. The van der Waals surface area contributed by atoms with Crippen LogP contribution in [-0.2, 0) is 0 Å². The molecule has 0 aliphatic heterocycles. The number of hydrogen-bond donors (Lipinski definition) is 0. The van der Waals surface area contributed by atoms with E-state index in [1.807, 2.05) is 0 Å². The molecule has 0 rings (SSSR count). The Morgan fingerprint density at radius 1 is 1.20 bits per heavy atom. The molecule has 0 bridgehead atoms. The van der Waals surface area contributed by atoms with Crippen molar-refractivity contribution in [2.75, 3.05) is 0 Å². The van der Waals surface area contributed by atoms with Crippen molar-refractivity contribution >= 4 is 16.5 Å². The highest BCUT2D eigenvalue weighted by Crippen LogP contribution is 2.07. The fraction of sp³-hybridized carbons (Fsp3) is 1.00. The molecule has 0 aromatic rings. The van der Waals surface area contributed by atoms with Crippen LogP contribution in [0.4, 0.5) is 0 Å². The second kappa shape index (κ2) is 1.40. The Morgan fingerprint density at radius 3 is 1.20 bits per heavy atom. The Balaban J connectivity index is 3.02. The van der Waals surface area contributed by atoms with Crippen LogP contribution in [0.1, 0.15) is 0 Å². The lowest BCUT2D eigenvalue weighted by Crippen LogP contribution is -2.05. The molecule has 0 fully saturated rings. The number of rotatable bonds is 0. The predicted octanol–water partition coefficient (Wildman–Crippen LogP) is 2.23. The minimum atomic E-state index is -0.917. The van der Waals surface area contributed by atoms with E-state index >= 15 is 0 Å². The summed E-state index contributed by atoms with van der Waals surface area (Å²) in [6.45, 7) is 6.57. The molecule has 0 unspecified atom stereocenters. The zero-order valence-corrected chi connectivity index (χ0v) is 5.84. The molecule has 2 radical (unpaired) electrons. The third-order valence-corrected chi connectivity index (χ3v) is 0. The minimum Gasteiger partial charge on any atom is -0.0688 e. The van der Waals surface area contributed by atoms with Crippen LogP contribution in [0.5, 0.6) is 0 Å². The summed E-state index contributed by atoms with van der Waals surface area (Å²) in [7, 11) is 3.34. The molecule has 5 heavy (non-hydrogen) atoms. The zero-order chi connectivity index (χ0) is 4.50. The van der Waals surface area contributed by atoms with Crippen LogP contribution in [0.25, 0.3) is 0 Å². The fourth-order valence-electron chi connectivity index (χ4n) is 0. The maximum atomic E-state index is 4.26. The highest BCUT2D eigenvalue weighted by atomic mass is 31.3. The molecule has 30 valence electrons. The van der Waals surface area contributed by atoms with Gasteiger partial charge < -0.3 is 0 Å². The first-order chi connectivity index (χ1) is 2.00. The molecular formula is C3H9PSi. The van der Waals surface area contributed by atoms with Crippen molar-refractivity contribution in [1.29, 1.82) is 0 Å². The smallest absolute Gasteiger partial charge is 0.0688 e. The highest BCUT2D eigenvalue weighted by molar-refractivity contribution is 7.68. The summed E-state index contributed by atoms with van der Waals surface area (Å²) in [5.74, 6) is 0. The largest absolute Gasteiger partial charge is 0.0823 e. The Labute approximate surface area is 37.0 Å². The van der Waals surface area contributed by atoms with E-state index in [0.717, 1.165) is 0 Å². The van der Waals surface area contributed by atoms with Crippen molar-refractivity contribution in [3.8, 4) is 0 Å². The number of hydrogen-bond acceptors (Lipinski definition) is 0. The van der Waals surface area contributed by atoms with E-state index in [1.165, 1.54) is 0 Å². The van der Waals surface area contributed by atoms with Crippen LogP contribution in [0.2, 0.25) is 19.6 Å². The molecule has 0 heterocycles. The lowest BCUT2D eigenvalue weighted by molar-refractivity contribution is 1.88. The van der Waals surface area contributed by atoms with Crippen molar-refractivity contribution < 1.29 is 0 Å². The third-order valence-electron chi connectivity index (χ3n) is 0. The lowest BCUT2D eigenvalue weighted by atomic mass is 11.8. The summed E-state index contributed by atoms with van der Waals surface area (Å²) in [5.41, 5.74) is 0. The van der Waals surface area contributed by atoms with Crippen molar-refractivity contribution in [1.82, 2.24) is 0 Å². The topological polar surface area (TPSA) is 0 Å². The molecule has 0 aromatic carbocycles. The van der Waals surface area contributed by atoms with Gasteiger partial charge in [-0.1, -0.05) is 28.4 Å². The van der Waals surface area contributed by atoms with E-state index in [1.54, 1.807) is 0 Å². The molecule has 0 saturated heterocycles. The Morgan fingerprint density at radius 2 is 1.20 bits per heavy atom. The van der Waals surface area contributed by atoms with Crippen LogP contribution in [0.15, 0.2) is 0 Å². The first-order valence-electron chi connectivity index (χ1n) is 1.72. The van der Waals surface area contributed by atoms with Gasteiger partial charge in [0.2, 0.25) is 0 Å². The van der Waals surface area contributed by atoms with Crippen molar-refractivity contribution in [3.05, 3.63) is 0 Å². The van der Waals surface area contributed by atoms with E-state index in [4.69, 9.17) is 0 Å². The minimum absolute atomic E-state index is 0.917. The van der Waals surface area contributed by atoms with Crippen molar-refractivity contribution in [3.63, 3.8) is 0 Å². The van der Waals surface area contributed by atoms with Crippen molar-refractivity contribution in [2.24, 2.45) is 0 Å². The standard InChI is InChI=1S/C3H9PSi/c1-5(2,3)4/h1-3H3. The summed E-state index contributed by atoms with van der Waals surface area (Å²) < 4.78 is 0. The summed E-state index contributed by atoms with van der Waals surface area (Å²) >= 11 is 0. The molecule has 0 spiro atoms. The van der Waals surface area contributed by atoms with Crippen LogP contribution >= 0.6 is 8.79 Å². The molecule has 0 aliphatic rings. The van der Waals surface area contributed by atoms with Gasteiger partial charge >= 0.3 is 0 Å². The van der Waals surface area contributed by atoms with Gasteiger partial charge in [-0.05, 0) is 0 Å². The van der Waals surface area contributed by atoms with Gasteiger partial charge in [0.15, 0.2) is 0 Å². The molecule has 0 amide bonds. The van der Waals surface area contributed by atoms with Crippen LogP contribution in [0, 0.1) is 0 Å². The quantitative estimate of drug-likeness (QED) is 0.326. The Bertz CT molecular complexity index is 22.4. The first kappa shape index (κ1) is 5.65.